The van der Waals surface area contributed by atoms with Crippen LogP contribution in [0.15, 0.2) is 36.4 Å². The average molecular weight is 322 g/mol. The van der Waals surface area contributed by atoms with Crippen LogP contribution in [-0.2, 0) is 19.3 Å². The summed E-state index contributed by atoms with van der Waals surface area (Å²) in [6.07, 6.45) is 11.2. The van der Waals surface area contributed by atoms with E-state index >= 15 is 0 Å². The Morgan fingerprint density at radius 3 is 1.71 bits per heavy atom. The highest BCUT2D eigenvalue weighted by molar-refractivity contribution is 5.72. The molecule has 0 atom stereocenters. The van der Waals surface area contributed by atoms with Crippen molar-refractivity contribution in [3.63, 3.8) is 0 Å². The molecular weight excluding hydrogens is 288 g/mol. The van der Waals surface area contributed by atoms with Gasteiger partial charge in [0.15, 0.2) is 0 Å². The molecule has 0 N–H and O–H groups in total. The van der Waals surface area contributed by atoms with Crippen LogP contribution in [0.5, 0.6) is 0 Å². The molecule has 0 unspecified atom stereocenters. The summed E-state index contributed by atoms with van der Waals surface area (Å²) in [6.45, 7) is 6.86. The van der Waals surface area contributed by atoms with Crippen molar-refractivity contribution in [3.05, 3.63) is 59.2 Å². The molecule has 0 saturated carbocycles. The molecule has 2 rings (SSSR count). The smallest absolute Gasteiger partial charge is 0.0120 e. The van der Waals surface area contributed by atoms with Gasteiger partial charge in [0.2, 0.25) is 0 Å². The van der Waals surface area contributed by atoms with Crippen LogP contribution in [0.3, 0.4) is 0 Å². The lowest BCUT2D eigenvalue weighted by Crippen LogP contribution is -2.01. The number of unbranched alkanes of at least 4 members (excludes halogenated alkanes) is 3. The molecule has 129 valence electrons. The summed E-state index contributed by atoms with van der Waals surface area (Å²) < 4.78 is 0. The van der Waals surface area contributed by atoms with Crippen molar-refractivity contribution >= 4 is 0 Å². The molecule has 24 heavy (non-hydrogen) atoms. The Balaban J connectivity index is 2.48. The second kappa shape index (κ2) is 10.3. The summed E-state index contributed by atoms with van der Waals surface area (Å²) in [5.41, 5.74) is 7.53. The first-order valence-electron chi connectivity index (χ1n) is 9.91. The second-order valence-corrected chi connectivity index (χ2v) is 6.89. The van der Waals surface area contributed by atoms with E-state index in [1.165, 1.54) is 68.9 Å². The monoisotopic (exact) mass is 321 g/mol. The Bertz CT molecular complexity index is 566. The van der Waals surface area contributed by atoms with E-state index in [-0.39, 0.29) is 0 Å². The second-order valence-electron chi connectivity index (χ2n) is 6.89. The number of aryl methyl sites for hydroxylation is 3. The summed E-state index contributed by atoms with van der Waals surface area (Å²) in [4.78, 5) is 0. The molecule has 0 heteroatoms. The van der Waals surface area contributed by atoms with Gasteiger partial charge in [-0.1, -0.05) is 76.4 Å². The maximum Gasteiger partial charge on any atom is -0.0120 e. The Labute approximate surface area is 149 Å². The van der Waals surface area contributed by atoms with Crippen LogP contribution in [0.25, 0.3) is 11.1 Å². The molecule has 0 aromatic heterocycles. The Morgan fingerprint density at radius 1 is 0.708 bits per heavy atom. The molecular formula is C24H33. The lowest BCUT2D eigenvalue weighted by atomic mass is 9.87. The number of hydrogen-bond acceptors (Lipinski definition) is 0. The molecule has 0 aliphatic heterocycles. The van der Waals surface area contributed by atoms with E-state index in [1.807, 2.05) is 12.1 Å². The maximum atomic E-state index is 3.17. The zero-order valence-corrected chi connectivity index (χ0v) is 15.8. The van der Waals surface area contributed by atoms with Gasteiger partial charge in [0.25, 0.3) is 0 Å². The van der Waals surface area contributed by atoms with E-state index in [1.54, 1.807) is 16.7 Å². The third-order valence-electron chi connectivity index (χ3n) is 4.79. The molecule has 0 fully saturated rings. The molecule has 2 aromatic rings. The lowest BCUT2D eigenvalue weighted by molar-refractivity contribution is 0.768. The fraction of sp³-hybridized carbons (Fsp3) is 0.500. The van der Waals surface area contributed by atoms with Gasteiger partial charge < -0.3 is 0 Å². The third kappa shape index (κ3) is 5.23. The van der Waals surface area contributed by atoms with Gasteiger partial charge in [0.05, 0.1) is 0 Å². The Morgan fingerprint density at radius 2 is 1.21 bits per heavy atom. The number of hydrogen-bond donors (Lipinski definition) is 0. The van der Waals surface area contributed by atoms with Gasteiger partial charge in [0, 0.05) is 0 Å². The van der Waals surface area contributed by atoms with Crippen LogP contribution in [0.1, 0.15) is 76.0 Å². The first-order chi connectivity index (χ1) is 11.8. The molecule has 2 aromatic carbocycles. The summed E-state index contributed by atoms with van der Waals surface area (Å²) in [5.74, 6) is 0. The molecule has 0 amide bonds. The van der Waals surface area contributed by atoms with E-state index in [4.69, 9.17) is 0 Å². The fourth-order valence-electron chi connectivity index (χ4n) is 3.42. The molecule has 0 aliphatic carbocycles. The Hall–Kier alpha value is -1.56. The standard InChI is InChI=1S/C24H33/c1-4-7-13-20-18-22(14-8-5-2)24(21-16-11-10-12-17-21)23(19-20)15-9-6-3/h11-12,16-19H,4-9,13-15H2,1-3H3. The topological polar surface area (TPSA) is 0 Å². The van der Waals surface area contributed by atoms with Crippen LogP contribution in [-0.4, -0.2) is 0 Å². The zero-order chi connectivity index (χ0) is 17.2. The highest BCUT2D eigenvalue weighted by Gasteiger charge is 2.12. The minimum Gasteiger partial charge on any atom is -0.0654 e. The zero-order valence-electron chi connectivity index (χ0n) is 15.8. The van der Waals surface area contributed by atoms with E-state index in [0.717, 1.165) is 0 Å². The van der Waals surface area contributed by atoms with Crippen molar-refractivity contribution in [2.45, 2.75) is 78.6 Å². The van der Waals surface area contributed by atoms with Crippen molar-refractivity contribution in [2.75, 3.05) is 0 Å². The van der Waals surface area contributed by atoms with Crippen molar-refractivity contribution in [1.29, 1.82) is 0 Å². The predicted molar refractivity (Wildman–Crippen MR) is 107 cm³/mol. The fourth-order valence-corrected chi connectivity index (χ4v) is 3.42. The van der Waals surface area contributed by atoms with Gasteiger partial charge in [-0.15, -0.1) is 0 Å². The van der Waals surface area contributed by atoms with Crippen LogP contribution < -0.4 is 0 Å². The van der Waals surface area contributed by atoms with E-state index < -0.39 is 0 Å². The van der Waals surface area contributed by atoms with E-state index in [0.29, 0.717) is 0 Å². The van der Waals surface area contributed by atoms with E-state index in [2.05, 4.69) is 51.1 Å². The van der Waals surface area contributed by atoms with Gasteiger partial charge in [-0.25, -0.2) is 0 Å². The van der Waals surface area contributed by atoms with Crippen LogP contribution in [0.4, 0.5) is 0 Å². The predicted octanol–water partition coefficient (Wildman–Crippen LogP) is 7.18. The lowest BCUT2D eigenvalue weighted by Gasteiger charge is -2.18. The normalized spacial score (nSPS) is 11.0. The minimum atomic E-state index is 1.20. The highest BCUT2D eigenvalue weighted by atomic mass is 14.2. The average Bonchev–Trinajstić information content (AvgIpc) is 2.63. The molecule has 0 nitrogen and oxygen atoms in total. The third-order valence-corrected chi connectivity index (χ3v) is 4.79. The maximum absolute atomic E-state index is 3.17. The molecule has 0 saturated heterocycles. The summed E-state index contributed by atoms with van der Waals surface area (Å²) in [6, 6.07) is 16.7. The van der Waals surface area contributed by atoms with Crippen LogP contribution in [0.2, 0.25) is 0 Å². The molecule has 1 radical (unpaired) electrons. The van der Waals surface area contributed by atoms with E-state index in [9.17, 15) is 0 Å². The van der Waals surface area contributed by atoms with Gasteiger partial charge in [0.1, 0.15) is 0 Å². The Kier molecular flexibility index (Phi) is 8.08. The van der Waals surface area contributed by atoms with Crippen molar-refractivity contribution in [1.82, 2.24) is 0 Å². The minimum absolute atomic E-state index is 1.20. The van der Waals surface area contributed by atoms with Gasteiger partial charge >= 0.3 is 0 Å². The summed E-state index contributed by atoms with van der Waals surface area (Å²) >= 11 is 0. The molecule has 0 bridgehead atoms. The van der Waals surface area contributed by atoms with Gasteiger partial charge in [-0.3, -0.25) is 0 Å². The van der Waals surface area contributed by atoms with Gasteiger partial charge in [-0.05, 0) is 72.4 Å². The summed E-state index contributed by atoms with van der Waals surface area (Å²) in [5, 5.41) is 0. The molecule has 0 aliphatic rings. The highest BCUT2D eigenvalue weighted by Crippen LogP contribution is 2.32. The van der Waals surface area contributed by atoms with Crippen LogP contribution in [0, 0.1) is 6.07 Å². The largest absolute Gasteiger partial charge is 0.0654 e. The molecule has 0 spiro atoms. The quantitative estimate of drug-likeness (QED) is 0.434. The first kappa shape index (κ1) is 18.8. The van der Waals surface area contributed by atoms with Crippen LogP contribution >= 0.6 is 0 Å². The molecule has 0 heterocycles. The number of benzene rings is 2. The summed E-state index contributed by atoms with van der Waals surface area (Å²) in [7, 11) is 0. The van der Waals surface area contributed by atoms with Gasteiger partial charge in [-0.2, -0.15) is 0 Å². The first-order valence-corrected chi connectivity index (χ1v) is 9.91. The SMILES string of the molecule is CCCCc1cc(CCCC)c(-c2cc[c]cc2)c(CCCC)c1. The van der Waals surface area contributed by atoms with Crippen molar-refractivity contribution < 1.29 is 0 Å². The number of rotatable bonds is 10. The van der Waals surface area contributed by atoms with Crippen molar-refractivity contribution in [3.8, 4) is 11.1 Å². The van der Waals surface area contributed by atoms with Crippen molar-refractivity contribution in [2.24, 2.45) is 0 Å².